The van der Waals surface area contributed by atoms with Crippen molar-refractivity contribution in [1.29, 1.82) is 0 Å². The van der Waals surface area contributed by atoms with E-state index in [1.807, 2.05) is 0 Å². The van der Waals surface area contributed by atoms with Crippen LogP contribution in [0, 0.1) is 10.1 Å². The number of rotatable bonds is 4. The number of nitrogens with zero attached hydrogens (tertiary/aromatic N) is 1. The van der Waals surface area contributed by atoms with Crippen LogP contribution < -0.4 is 5.46 Å². The summed E-state index contributed by atoms with van der Waals surface area (Å²) in [6, 6.07) is 6.33. The fourth-order valence-electron chi connectivity index (χ4n) is 1.20. The number of para-hydroxylation sites is 1. The highest BCUT2D eigenvalue weighted by atomic mass is 16.6. The largest absolute Gasteiger partial charge is 0.500 e. The molecule has 1 aromatic rings. The zero-order chi connectivity index (χ0) is 10.6. The van der Waals surface area contributed by atoms with Crippen LogP contribution in [-0.2, 0) is 9.31 Å². The lowest BCUT2D eigenvalue weighted by Crippen LogP contribution is -2.36. The molecule has 0 aliphatic carbocycles. The van der Waals surface area contributed by atoms with Crippen LogP contribution in [0.2, 0.25) is 0 Å². The van der Waals surface area contributed by atoms with Crippen LogP contribution in [0.1, 0.15) is 0 Å². The van der Waals surface area contributed by atoms with Crippen molar-refractivity contribution in [2.45, 2.75) is 0 Å². The minimum atomic E-state index is -0.698. The molecule has 0 saturated heterocycles. The number of nitro benzene ring substituents is 1. The molecule has 0 saturated carbocycles. The SMILES string of the molecule is COB(OC)c1ccccc1[N+](=O)[O-]. The molecule has 1 rings (SSSR count). The maximum atomic E-state index is 10.7. The highest BCUT2D eigenvalue weighted by Gasteiger charge is 2.26. The second-order valence-corrected chi connectivity index (χ2v) is 2.62. The van der Waals surface area contributed by atoms with E-state index in [2.05, 4.69) is 0 Å². The molecule has 5 nitrogen and oxygen atoms in total. The van der Waals surface area contributed by atoms with Crippen molar-refractivity contribution in [1.82, 2.24) is 0 Å². The monoisotopic (exact) mass is 195 g/mol. The lowest BCUT2D eigenvalue weighted by molar-refractivity contribution is -0.383. The predicted molar refractivity (Wildman–Crippen MR) is 52.5 cm³/mol. The fraction of sp³-hybridized carbons (Fsp3) is 0.250. The average Bonchev–Trinajstić information content (AvgIpc) is 2.20. The molecule has 0 atom stereocenters. The summed E-state index contributed by atoms with van der Waals surface area (Å²) in [5, 5.41) is 10.7. The highest BCUT2D eigenvalue weighted by molar-refractivity contribution is 6.62. The number of hydrogen-bond acceptors (Lipinski definition) is 4. The van der Waals surface area contributed by atoms with Gasteiger partial charge in [-0.3, -0.25) is 10.1 Å². The molecule has 0 fully saturated rings. The fourth-order valence-corrected chi connectivity index (χ4v) is 1.20. The van der Waals surface area contributed by atoms with Gasteiger partial charge in [-0.05, 0) is 0 Å². The third kappa shape index (κ3) is 2.10. The molecular weight excluding hydrogens is 185 g/mol. The first-order valence-corrected chi connectivity index (χ1v) is 3.99. The smallest absolute Gasteiger partial charge is 0.410 e. The van der Waals surface area contributed by atoms with Crippen LogP contribution in [0.25, 0.3) is 0 Å². The van der Waals surface area contributed by atoms with Crippen LogP contribution in [0.3, 0.4) is 0 Å². The first-order valence-electron chi connectivity index (χ1n) is 3.99. The van der Waals surface area contributed by atoms with Crippen molar-refractivity contribution in [2.75, 3.05) is 14.2 Å². The lowest BCUT2D eigenvalue weighted by atomic mass is 9.78. The first kappa shape index (κ1) is 10.7. The summed E-state index contributed by atoms with van der Waals surface area (Å²) in [6.07, 6.45) is 0. The lowest BCUT2D eigenvalue weighted by Gasteiger charge is -2.08. The van der Waals surface area contributed by atoms with E-state index in [0.717, 1.165) is 0 Å². The Balaban J connectivity index is 3.11. The third-order valence-corrected chi connectivity index (χ3v) is 1.82. The van der Waals surface area contributed by atoms with E-state index in [1.165, 1.54) is 20.3 Å². The molecule has 0 N–H and O–H groups in total. The minimum absolute atomic E-state index is 0.00111. The van der Waals surface area contributed by atoms with Crippen molar-refractivity contribution in [3.8, 4) is 0 Å². The predicted octanol–water partition coefficient (Wildman–Crippen LogP) is 0.583. The Bertz CT molecular complexity index is 327. The molecule has 0 heterocycles. The molecule has 74 valence electrons. The molecule has 0 bridgehead atoms. The zero-order valence-corrected chi connectivity index (χ0v) is 7.97. The molecule has 0 radical (unpaired) electrons. The Morgan fingerprint density at radius 2 is 1.86 bits per heavy atom. The standard InChI is InChI=1S/C8H10BNO4/c1-13-9(14-2)7-5-3-4-6-8(7)10(11)12/h3-6H,1-2H3. The molecule has 0 unspecified atom stereocenters. The van der Waals surface area contributed by atoms with E-state index in [9.17, 15) is 10.1 Å². The maximum Gasteiger partial charge on any atom is 0.500 e. The van der Waals surface area contributed by atoms with Crippen molar-refractivity contribution in [3.05, 3.63) is 34.4 Å². The van der Waals surface area contributed by atoms with Crippen LogP contribution in [-0.4, -0.2) is 26.3 Å². The quantitative estimate of drug-likeness (QED) is 0.400. The molecule has 0 spiro atoms. The molecule has 0 aliphatic rings. The topological polar surface area (TPSA) is 61.6 Å². The Kier molecular flexibility index (Phi) is 3.61. The van der Waals surface area contributed by atoms with Gasteiger partial charge in [0.2, 0.25) is 0 Å². The van der Waals surface area contributed by atoms with E-state index in [-0.39, 0.29) is 5.69 Å². The summed E-state index contributed by atoms with van der Waals surface area (Å²) in [4.78, 5) is 10.2. The van der Waals surface area contributed by atoms with Crippen molar-refractivity contribution >= 4 is 18.3 Å². The van der Waals surface area contributed by atoms with Gasteiger partial charge in [-0.15, -0.1) is 0 Å². The van der Waals surface area contributed by atoms with Crippen LogP contribution in [0.15, 0.2) is 24.3 Å². The van der Waals surface area contributed by atoms with Gasteiger partial charge in [-0.1, -0.05) is 18.2 Å². The number of nitro groups is 1. The Morgan fingerprint density at radius 1 is 1.29 bits per heavy atom. The van der Waals surface area contributed by atoms with Gasteiger partial charge in [0.25, 0.3) is 5.69 Å². The summed E-state index contributed by atoms with van der Waals surface area (Å²) in [6.45, 7) is 0. The average molecular weight is 195 g/mol. The molecule has 0 aliphatic heterocycles. The normalized spacial score (nSPS) is 9.86. The summed E-state index contributed by atoms with van der Waals surface area (Å²) >= 11 is 0. The zero-order valence-electron chi connectivity index (χ0n) is 7.97. The van der Waals surface area contributed by atoms with Crippen LogP contribution in [0.4, 0.5) is 5.69 Å². The Hall–Kier alpha value is -1.40. The van der Waals surface area contributed by atoms with E-state index < -0.39 is 12.0 Å². The van der Waals surface area contributed by atoms with Crippen LogP contribution in [0.5, 0.6) is 0 Å². The van der Waals surface area contributed by atoms with Gasteiger partial charge in [0.1, 0.15) is 0 Å². The van der Waals surface area contributed by atoms with Crippen LogP contribution >= 0.6 is 0 Å². The van der Waals surface area contributed by atoms with Gasteiger partial charge in [0, 0.05) is 20.3 Å². The maximum absolute atomic E-state index is 10.7. The second kappa shape index (κ2) is 4.73. The van der Waals surface area contributed by atoms with E-state index in [1.54, 1.807) is 18.2 Å². The molecule has 0 aromatic heterocycles. The minimum Gasteiger partial charge on any atom is -0.410 e. The second-order valence-electron chi connectivity index (χ2n) is 2.62. The summed E-state index contributed by atoms with van der Waals surface area (Å²) < 4.78 is 9.90. The van der Waals surface area contributed by atoms with Crippen molar-refractivity contribution < 1.29 is 14.2 Å². The molecule has 0 amide bonds. The van der Waals surface area contributed by atoms with E-state index in [4.69, 9.17) is 9.31 Å². The Labute approximate surface area is 81.9 Å². The number of hydrogen-bond donors (Lipinski definition) is 0. The molecular formula is C8H10BNO4. The van der Waals surface area contributed by atoms with Gasteiger partial charge >= 0.3 is 7.12 Å². The molecule has 6 heteroatoms. The van der Waals surface area contributed by atoms with E-state index >= 15 is 0 Å². The van der Waals surface area contributed by atoms with Gasteiger partial charge in [0.15, 0.2) is 0 Å². The summed E-state index contributed by atoms with van der Waals surface area (Å²) in [5.41, 5.74) is 0.420. The summed E-state index contributed by atoms with van der Waals surface area (Å²) in [5.74, 6) is 0. The molecule has 14 heavy (non-hydrogen) atoms. The van der Waals surface area contributed by atoms with Gasteiger partial charge < -0.3 is 9.31 Å². The third-order valence-electron chi connectivity index (χ3n) is 1.82. The van der Waals surface area contributed by atoms with Crippen molar-refractivity contribution in [2.24, 2.45) is 0 Å². The Morgan fingerprint density at radius 3 is 2.36 bits per heavy atom. The molecule has 1 aromatic carbocycles. The van der Waals surface area contributed by atoms with Gasteiger partial charge in [-0.25, -0.2) is 0 Å². The summed E-state index contributed by atoms with van der Waals surface area (Å²) in [7, 11) is 2.17. The van der Waals surface area contributed by atoms with Gasteiger partial charge in [0.05, 0.1) is 10.4 Å². The number of benzene rings is 1. The van der Waals surface area contributed by atoms with Gasteiger partial charge in [-0.2, -0.15) is 0 Å². The first-order chi connectivity index (χ1) is 6.70. The van der Waals surface area contributed by atoms with Crippen molar-refractivity contribution in [3.63, 3.8) is 0 Å². The van der Waals surface area contributed by atoms with E-state index in [0.29, 0.717) is 5.46 Å². The highest BCUT2D eigenvalue weighted by Crippen LogP contribution is 2.08.